The van der Waals surface area contributed by atoms with Crippen molar-refractivity contribution in [2.24, 2.45) is 5.41 Å². The van der Waals surface area contributed by atoms with Gasteiger partial charge in [-0.05, 0) is 20.3 Å². The van der Waals surface area contributed by atoms with E-state index in [1.54, 1.807) is 13.8 Å². The molecule has 1 saturated carbocycles. The predicted octanol–water partition coefficient (Wildman–Crippen LogP) is 1.08. The molecule has 0 amide bonds. The minimum atomic E-state index is -1.64. The summed E-state index contributed by atoms with van der Waals surface area (Å²) in [4.78, 5) is 26.9. The van der Waals surface area contributed by atoms with Crippen LogP contribution in [0.4, 0.5) is 0 Å². The molecule has 6 rings (SSSR count). The zero-order chi connectivity index (χ0) is 21.5. The normalized spacial score (nSPS) is 42.8. The lowest BCUT2D eigenvalue weighted by Gasteiger charge is -2.42. The molecule has 1 saturated heterocycles. The number of hydrogen-bond donors (Lipinski definition) is 4. The Hall–Kier alpha value is -2.26. The maximum atomic E-state index is 13.5. The molecule has 2 aliphatic heterocycles. The molecule has 1 aromatic rings. The number of aromatic hydroxyl groups is 2. The lowest BCUT2D eigenvalue weighted by molar-refractivity contribution is -0.0538. The van der Waals surface area contributed by atoms with Crippen LogP contribution >= 0.6 is 0 Å². The summed E-state index contributed by atoms with van der Waals surface area (Å²) in [7, 11) is 0. The molecule has 8 nitrogen and oxygen atoms in total. The fraction of sp³-hybridized carbons (Fsp3) is 0.545. The quantitative estimate of drug-likeness (QED) is 0.502. The van der Waals surface area contributed by atoms with Crippen molar-refractivity contribution in [1.82, 2.24) is 0 Å². The van der Waals surface area contributed by atoms with E-state index >= 15 is 0 Å². The minimum Gasteiger partial charge on any atom is -0.507 e. The first-order valence-electron chi connectivity index (χ1n) is 10.3. The van der Waals surface area contributed by atoms with Crippen LogP contribution in [0.15, 0.2) is 11.1 Å². The molecule has 2 fully saturated rings. The molecule has 4 N–H and O–H groups in total. The van der Waals surface area contributed by atoms with Gasteiger partial charge < -0.3 is 29.9 Å². The summed E-state index contributed by atoms with van der Waals surface area (Å²) in [6.45, 7) is 5.25. The second kappa shape index (κ2) is 5.13. The number of hydrogen-bond acceptors (Lipinski definition) is 8. The third-order valence-corrected chi connectivity index (χ3v) is 7.95. The Bertz CT molecular complexity index is 1120. The number of aliphatic hydroxyl groups excluding tert-OH is 1. The lowest BCUT2D eigenvalue weighted by atomic mass is 9.61. The first-order valence-corrected chi connectivity index (χ1v) is 10.3. The molecule has 1 spiro atoms. The smallest absolute Gasteiger partial charge is 0.196 e. The SMILES string of the molecule is CC[C@H]1Cc2c(O)c3c(c(O)c2[C@H](C)O1)C(=O)C1=C(C3=O)C2OC(C)C3(O)C(O)C123. The van der Waals surface area contributed by atoms with Crippen molar-refractivity contribution in [2.75, 3.05) is 0 Å². The van der Waals surface area contributed by atoms with Gasteiger partial charge in [0.15, 0.2) is 11.6 Å². The van der Waals surface area contributed by atoms with Crippen molar-refractivity contribution in [2.45, 2.75) is 69.7 Å². The molecular weight excluding hydrogens is 392 g/mol. The van der Waals surface area contributed by atoms with E-state index < -0.39 is 47.0 Å². The van der Waals surface area contributed by atoms with Crippen LogP contribution in [0.3, 0.4) is 0 Å². The van der Waals surface area contributed by atoms with E-state index in [1.165, 1.54) is 0 Å². The van der Waals surface area contributed by atoms with Crippen LogP contribution in [0.5, 0.6) is 11.5 Å². The topological polar surface area (TPSA) is 134 Å². The third kappa shape index (κ3) is 1.55. The summed E-state index contributed by atoms with van der Waals surface area (Å²) >= 11 is 0. The lowest BCUT2D eigenvalue weighted by Crippen LogP contribution is -2.49. The molecular formula is C22H22O8. The molecule has 8 heteroatoms. The van der Waals surface area contributed by atoms with Gasteiger partial charge >= 0.3 is 0 Å². The summed E-state index contributed by atoms with van der Waals surface area (Å²) < 4.78 is 11.6. The number of Topliss-reactive ketones (excluding diaryl/α,β-unsaturated/α-hetero) is 2. The average Bonchev–Trinajstić information content (AvgIpc) is 3.15. The van der Waals surface area contributed by atoms with Gasteiger partial charge in [0, 0.05) is 28.7 Å². The van der Waals surface area contributed by atoms with Gasteiger partial charge in [0.2, 0.25) is 0 Å². The van der Waals surface area contributed by atoms with E-state index in [1.807, 2.05) is 6.92 Å². The molecule has 5 aliphatic rings. The number of ketones is 2. The third-order valence-electron chi connectivity index (χ3n) is 7.95. The monoisotopic (exact) mass is 414 g/mol. The number of phenols is 2. The first-order chi connectivity index (χ1) is 14.1. The first kappa shape index (κ1) is 18.5. The van der Waals surface area contributed by atoms with Crippen LogP contribution in [0.1, 0.15) is 65.1 Å². The van der Waals surface area contributed by atoms with E-state index in [4.69, 9.17) is 9.47 Å². The average molecular weight is 414 g/mol. The van der Waals surface area contributed by atoms with Gasteiger partial charge in [-0.3, -0.25) is 9.59 Å². The predicted molar refractivity (Wildman–Crippen MR) is 100 cm³/mol. The van der Waals surface area contributed by atoms with E-state index in [-0.39, 0.29) is 39.9 Å². The number of carbonyl (C=O) groups is 2. The maximum absolute atomic E-state index is 13.5. The second-order valence-electron chi connectivity index (χ2n) is 9.05. The fourth-order valence-electron chi connectivity index (χ4n) is 6.41. The van der Waals surface area contributed by atoms with Gasteiger partial charge in [-0.2, -0.15) is 0 Å². The highest BCUT2D eigenvalue weighted by Crippen LogP contribution is 2.78. The molecule has 2 heterocycles. The molecule has 5 unspecified atom stereocenters. The van der Waals surface area contributed by atoms with E-state index in [2.05, 4.69) is 0 Å². The highest BCUT2D eigenvalue weighted by atomic mass is 16.5. The van der Waals surface area contributed by atoms with E-state index in [0.29, 0.717) is 24.0 Å². The van der Waals surface area contributed by atoms with Crippen molar-refractivity contribution >= 4 is 11.6 Å². The van der Waals surface area contributed by atoms with Crippen molar-refractivity contribution in [3.63, 3.8) is 0 Å². The molecule has 0 radical (unpaired) electrons. The Morgan fingerprint density at radius 1 is 1.07 bits per heavy atom. The number of rotatable bonds is 1. The zero-order valence-electron chi connectivity index (χ0n) is 16.7. The molecule has 1 aromatic carbocycles. The summed E-state index contributed by atoms with van der Waals surface area (Å²) in [5.41, 5.74) is -2.72. The number of fused-ring (bicyclic) bond motifs is 3. The number of carbonyl (C=O) groups excluding carboxylic acids is 2. The zero-order valence-corrected chi connectivity index (χ0v) is 16.7. The largest absolute Gasteiger partial charge is 0.507 e. The molecule has 0 bridgehead atoms. The van der Waals surface area contributed by atoms with Crippen LogP contribution < -0.4 is 0 Å². The summed E-state index contributed by atoms with van der Waals surface area (Å²) in [5, 5.41) is 43.4. The van der Waals surface area contributed by atoms with Gasteiger partial charge in [-0.1, -0.05) is 6.92 Å². The van der Waals surface area contributed by atoms with Crippen molar-refractivity contribution in [1.29, 1.82) is 0 Å². The highest BCUT2D eigenvalue weighted by Gasteiger charge is 2.93. The number of phenolic OH excluding ortho intramolecular Hbond substituents is 2. The number of ether oxygens (including phenoxy) is 2. The standard InChI is InChI=1S/C22H22O8/c1-4-8-5-9-10(6(2)29-8)16(24)12-11(15(9)23)17(25)13-14(18(12)26)21-19(13)30-7(3)22(21,28)20(21)27/h6-8,19-20,23-24,27-28H,4-5H2,1-3H3/t6-,7?,8-,19?,20?,21?,22?/m0/s1. The van der Waals surface area contributed by atoms with Crippen LogP contribution in [0.2, 0.25) is 0 Å². The number of aliphatic hydroxyl groups is 2. The Labute approximate surface area is 171 Å². The van der Waals surface area contributed by atoms with E-state index in [9.17, 15) is 30.0 Å². The molecule has 30 heavy (non-hydrogen) atoms. The fourth-order valence-corrected chi connectivity index (χ4v) is 6.41. The maximum Gasteiger partial charge on any atom is 0.196 e. The summed E-state index contributed by atoms with van der Waals surface area (Å²) in [6.07, 6.45) is -2.64. The van der Waals surface area contributed by atoms with Crippen LogP contribution in [0.25, 0.3) is 0 Å². The van der Waals surface area contributed by atoms with Crippen molar-refractivity contribution < 1.29 is 39.5 Å². The summed E-state index contributed by atoms with van der Waals surface area (Å²) in [6, 6.07) is 0. The second-order valence-corrected chi connectivity index (χ2v) is 9.05. The molecule has 158 valence electrons. The summed E-state index contributed by atoms with van der Waals surface area (Å²) in [5.74, 6) is -1.96. The molecule has 0 aromatic heterocycles. The minimum absolute atomic E-state index is 0.00480. The van der Waals surface area contributed by atoms with Crippen LogP contribution in [-0.2, 0) is 15.9 Å². The highest BCUT2D eigenvalue weighted by molar-refractivity contribution is 6.32. The van der Waals surface area contributed by atoms with Crippen molar-refractivity contribution in [3.05, 3.63) is 33.4 Å². The molecule has 7 atom stereocenters. The van der Waals surface area contributed by atoms with Crippen LogP contribution in [0, 0.1) is 5.41 Å². The van der Waals surface area contributed by atoms with Gasteiger partial charge in [-0.25, -0.2) is 0 Å². The van der Waals surface area contributed by atoms with Gasteiger partial charge in [0.05, 0.1) is 34.9 Å². The molecule has 3 aliphatic carbocycles. The van der Waals surface area contributed by atoms with Gasteiger partial charge in [0.1, 0.15) is 29.3 Å². The Morgan fingerprint density at radius 3 is 2.37 bits per heavy atom. The van der Waals surface area contributed by atoms with Gasteiger partial charge in [0.25, 0.3) is 0 Å². The van der Waals surface area contributed by atoms with Gasteiger partial charge in [-0.15, -0.1) is 0 Å². The Kier molecular flexibility index (Phi) is 3.17. The Morgan fingerprint density at radius 2 is 1.73 bits per heavy atom. The van der Waals surface area contributed by atoms with Crippen molar-refractivity contribution in [3.8, 4) is 11.5 Å². The number of benzene rings is 1. The van der Waals surface area contributed by atoms with E-state index in [0.717, 1.165) is 0 Å². The Balaban J connectivity index is 1.58. The van der Waals surface area contributed by atoms with Crippen LogP contribution in [-0.4, -0.2) is 62.0 Å².